The fourth-order valence-electron chi connectivity index (χ4n) is 5.02. The molecule has 1 aliphatic heterocycles. The van der Waals surface area contributed by atoms with Crippen LogP contribution in [0.25, 0.3) is 0 Å². The third kappa shape index (κ3) is 6.20. The predicted molar refractivity (Wildman–Crippen MR) is 130 cm³/mol. The van der Waals surface area contributed by atoms with Crippen LogP contribution in [0.3, 0.4) is 0 Å². The highest BCUT2D eigenvalue weighted by molar-refractivity contribution is 6.74. The number of piperidine rings is 1. The van der Waals surface area contributed by atoms with Crippen molar-refractivity contribution >= 4 is 14.3 Å². The first-order chi connectivity index (χ1) is 15.0. The van der Waals surface area contributed by atoms with Gasteiger partial charge in [0.2, 0.25) is 0 Å². The van der Waals surface area contributed by atoms with E-state index < -0.39 is 8.32 Å². The summed E-state index contributed by atoms with van der Waals surface area (Å²) in [6.45, 7) is 16.6. The number of rotatable bonds is 7. The smallest absolute Gasteiger partial charge is 0.309 e. The first kappa shape index (κ1) is 25.4. The highest BCUT2D eigenvalue weighted by Gasteiger charge is 2.46. The number of hydrogen-bond acceptors (Lipinski definition) is 4. The lowest BCUT2D eigenvalue weighted by Crippen LogP contribution is -2.43. The van der Waals surface area contributed by atoms with Gasteiger partial charge in [0.15, 0.2) is 8.32 Å². The number of ether oxygens (including phenoxy) is 1. The second-order valence-corrected chi connectivity index (χ2v) is 16.0. The molecule has 0 unspecified atom stereocenters. The summed E-state index contributed by atoms with van der Waals surface area (Å²) in [6.07, 6.45) is 4.02. The van der Waals surface area contributed by atoms with E-state index in [0.717, 1.165) is 45.3 Å². The normalized spacial score (nSPS) is 25.8. The van der Waals surface area contributed by atoms with Gasteiger partial charge in [-0.2, -0.15) is 0 Å². The second kappa shape index (κ2) is 10.4. The lowest BCUT2D eigenvalue weighted by molar-refractivity contribution is -0.149. The van der Waals surface area contributed by atoms with E-state index in [1.165, 1.54) is 5.56 Å². The van der Waals surface area contributed by atoms with Crippen molar-refractivity contribution in [2.75, 3.05) is 26.2 Å². The Labute approximate surface area is 195 Å². The van der Waals surface area contributed by atoms with Gasteiger partial charge >= 0.3 is 5.97 Å². The highest BCUT2D eigenvalue weighted by Crippen LogP contribution is 2.43. The molecule has 4 nitrogen and oxygen atoms in total. The first-order valence-electron chi connectivity index (χ1n) is 12.3. The average molecular weight is 464 g/mol. The molecule has 1 aromatic rings. The SMILES string of the molecule is CCOC(=O)[C@@H]1C[C@@H](O[Si](C)(C)C(C)(C)C)C[C@H]1CN1CCC(c2ccc(F)cc2)CC1. The number of esters is 1. The van der Waals surface area contributed by atoms with E-state index in [9.17, 15) is 9.18 Å². The van der Waals surface area contributed by atoms with Gasteiger partial charge in [0, 0.05) is 12.6 Å². The van der Waals surface area contributed by atoms with E-state index in [-0.39, 0.29) is 34.8 Å². The molecule has 3 atom stereocenters. The van der Waals surface area contributed by atoms with Crippen molar-refractivity contribution in [1.82, 2.24) is 4.90 Å². The van der Waals surface area contributed by atoms with Gasteiger partial charge in [0.25, 0.3) is 0 Å². The molecule has 1 aromatic carbocycles. The van der Waals surface area contributed by atoms with Crippen molar-refractivity contribution in [3.05, 3.63) is 35.6 Å². The number of nitrogens with zero attached hydrogens (tertiary/aromatic N) is 1. The Morgan fingerprint density at radius 3 is 2.31 bits per heavy atom. The van der Waals surface area contributed by atoms with Crippen LogP contribution in [0.4, 0.5) is 4.39 Å². The topological polar surface area (TPSA) is 38.8 Å². The standard InChI is InChI=1S/C26H42FNO3Si/c1-7-30-25(29)24-17-23(31-32(5,6)26(2,3)4)16-21(24)18-28-14-12-20(13-15-28)19-8-10-22(27)11-9-19/h8-11,20-21,23-24H,7,12-18H2,1-6H3/t21-,23-,24+/m0/s1. The monoisotopic (exact) mass is 463 g/mol. The zero-order chi connectivity index (χ0) is 23.5. The fraction of sp³-hybridized carbons (Fsp3) is 0.731. The molecule has 0 N–H and O–H groups in total. The maximum absolute atomic E-state index is 13.2. The van der Waals surface area contributed by atoms with Gasteiger partial charge in [-0.05, 0) is 93.4 Å². The summed E-state index contributed by atoms with van der Waals surface area (Å²) >= 11 is 0. The zero-order valence-corrected chi connectivity index (χ0v) is 21.8. The van der Waals surface area contributed by atoms with E-state index in [4.69, 9.17) is 9.16 Å². The van der Waals surface area contributed by atoms with Gasteiger partial charge in [-0.3, -0.25) is 4.79 Å². The van der Waals surface area contributed by atoms with Gasteiger partial charge in [-0.1, -0.05) is 32.9 Å². The molecule has 1 saturated carbocycles. The van der Waals surface area contributed by atoms with Gasteiger partial charge in [0.1, 0.15) is 5.82 Å². The summed E-state index contributed by atoms with van der Waals surface area (Å²) in [7, 11) is -1.88. The second-order valence-electron chi connectivity index (χ2n) is 11.2. The molecule has 0 bridgehead atoms. The largest absolute Gasteiger partial charge is 0.466 e. The molecule has 0 spiro atoms. The quantitative estimate of drug-likeness (QED) is 0.368. The summed E-state index contributed by atoms with van der Waals surface area (Å²) in [4.78, 5) is 15.3. The molecule has 6 heteroatoms. The van der Waals surface area contributed by atoms with E-state index in [2.05, 4.69) is 38.8 Å². The van der Waals surface area contributed by atoms with Crippen LogP contribution in [0.1, 0.15) is 64.9 Å². The van der Waals surface area contributed by atoms with Crippen LogP contribution in [-0.2, 0) is 14.0 Å². The maximum atomic E-state index is 13.2. The minimum absolute atomic E-state index is 0.0555. The Hall–Kier alpha value is -1.24. The predicted octanol–water partition coefficient (Wildman–Crippen LogP) is 5.98. The van der Waals surface area contributed by atoms with Gasteiger partial charge < -0.3 is 14.1 Å². The van der Waals surface area contributed by atoms with Crippen LogP contribution < -0.4 is 0 Å². The van der Waals surface area contributed by atoms with Crippen molar-refractivity contribution in [3.8, 4) is 0 Å². The number of benzene rings is 1. The van der Waals surface area contributed by atoms with Gasteiger partial charge in [0.05, 0.1) is 12.5 Å². The zero-order valence-electron chi connectivity index (χ0n) is 20.8. The average Bonchev–Trinajstić information content (AvgIpc) is 3.10. The van der Waals surface area contributed by atoms with Crippen molar-refractivity contribution in [1.29, 1.82) is 0 Å². The Bertz CT molecular complexity index is 753. The number of halogens is 1. The molecule has 1 aliphatic carbocycles. The molecular formula is C26H42FNO3Si. The van der Waals surface area contributed by atoms with E-state index in [0.29, 0.717) is 12.5 Å². The van der Waals surface area contributed by atoms with Crippen LogP contribution in [0, 0.1) is 17.7 Å². The highest BCUT2D eigenvalue weighted by atomic mass is 28.4. The fourth-order valence-corrected chi connectivity index (χ4v) is 6.40. The molecule has 0 aromatic heterocycles. The number of carbonyl (C=O) groups is 1. The lowest BCUT2D eigenvalue weighted by atomic mass is 9.88. The third-order valence-electron chi connectivity index (χ3n) is 7.93. The summed E-state index contributed by atoms with van der Waals surface area (Å²) in [5.41, 5.74) is 1.24. The van der Waals surface area contributed by atoms with Gasteiger partial charge in [-0.25, -0.2) is 4.39 Å². The maximum Gasteiger partial charge on any atom is 0.309 e. The Morgan fingerprint density at radius 2 is 1.75 bits per heavy atom. The van der Waals surface area contributed by atoms with Crippen LogP contribution in [0.2, 0.25) is 18.1 Å². The van der Waals surface area contributed by atoms with Crippen molar-refractivity contribution in [2.45, 2.75) is 83.5 Å². The molecule has 0 radical (unpaired) electrons. The third-order valence-corrected chi connectivity index (χ3v) is 12.5. The molecule has 2 fully saturated rings. The van der Waals surface area contributed by atoms with Crippen molar-refractivity contribution < 1.29 is 18.3 Å². The Balaban J connectivity index is 1.60. The summed E-state index contributed by atoms with van der Waals surface area (Å²) in [5, 5.41) is 0.159. The van der Waals surface area contributed by atoms with E-state index in [1.54, 1.807) is 12.1 Å². The van der Waals surface area contributed by atoms with E-state index in [1.807, 2.05) is 19.1 Å². The molecule has 180 valence electrons. The summed E-state index contributed by atoms with van der Waals surface area (Å²) in [5.74, 6) is 0.476. The molecule has 1 heterocycles. The van der Waals surface area contributed by atoms with E-state index >= 15 is 0 Å². The van der Waals surface area contributed by atoms with Crippen LogP contribution in [0.5, 0.6) is 0 Å². The Morgan fingerprint density at radius 1 is 1.12 bits per heavy atom. The Kier molecular flexibility index (Phi) is 8.21. The van der Waals surface area contributed by atoms with Crippen molar-refractivity contribution in [3.63, 3.8) is 0 Å². The minimum atomic E-state index is -1.88. The van der Waals surface area contributed by atoms with Crippen LogP contribution in [0.15, 0.2) is 24.3 Å². The number of carbonyl (C=O) groups excluding carboxylic acids is 1. The summed E-state index contributed by atoms with van der Waals surface area (Å²) in [6, 6.07) is 6.97. The molecular weight excluding hydrogens is 421 g/mol. The minimum Gasteiger partial charge on any atom is -0.466 e. The van der Waals surface area contributed by atoms with Gasteiger partial charge in [-0.15, -0.1) is 0 Å². The molecule has 1 saturated heterocycles. The summed E-state index contributed by atoms with van der Waals surface area (Å²) < 4.78 is 25.4. The number of likely N-dealkylation sites (tertiary alicyclic amines) is 1. The lowest BCUT2D eigenvalue weighted by Gasteiger charge is -2.38. The number of hydrogen-bond donors (Lipinski definition) is 0. The molecule has 2 aliphatic rings. The van der Waals surface area contributed by atoms with Crippen LogP contribution >= 0.6 is 0 Å². The molecule has 32 heavy (non-hydrogen) atoms. The van der Waals surface area contributed by atoms with Crippen LogP contribution in [-0.4, -0.2) is 51.5 Å². The molecule has 3 rings (SSSR count). The van der Waals surface area contributed by atoms with Crippen molar-refractivity contribution in [2.24, 2.45) is 11.8 Å². The molecule has 0 amide bonds. The first-order valence-corrected chi connectivity index (χ1v) is 15.2.